The van der Waals surface area contributed by atoms with Crippen LogP contribution in [0.1, 0.15) is 51.9 Å². The molecule has 182 valence electrons. The molecule has 1 heterocycles. The minimum atomic E-state index is -3.96. The fourth-order valence-electron chi connectivity index (χ4n) is 3.92. The minimum absolute atomic E-state index is 0.342. The third-order valence-corrected chi connectivity index (χ3v) is 5.94. The Bertz CT molecular complexity index is 1100. The Morgan fingerprint density at radius 3 is 2.24 bits per heavy atom. The summed E-state index contributed by atoms with van der Waals surface area (Å²) in [6.07, 6.45) is -0.622. The second kappa shape index (κ2) is 8.73. The molecule has 0 spiro atoms. The van der Waals surface area contributed by atoms with Gasteiger partial charge in [-0.1, -0.05) is 27.7 Å². The number of cyclic esters (lactones) is 1. The molecule has 0 radical (unpaired) electrons. The van der Waals surface area contributed by atoms with Crippen LogP contribution in [0.2, 0.25) is 0 Å². The van der Waals surface area contributed by atoms with E-state index in [1.807, 2.05) is 0 Å². The zero-order valence-electron chi connectivity index (χ0n) is 19.4. The summed E-state index contributed by atoms with van der Waals surface area (Å²) in [5.41, 5.74) is -3.72. The third kappa shape index (κ3) is 5.32. The van der Waals surface area contributed by atoms with Crippen molar-refractivity contribution >= 4 is 33.5 Å². The first kappa shape index (κ1) is 26.2. The highest BCUT2D eigenvalue weighted by Gasteiger charge is 2.60. The van der Waals surface area contributed by atoms with E-state index in [9.17, 15) is 32.9 Å². The molecule has 2 unspecified atom stereocenters. The first-order valence-electron chi connectivity index (χ1n) is 10.0. The van der Waals surface area contributed by atoms with Crippen LogP contribution < -0.4 is 4.18 Å². The normalized spacial score (nSPS) is 21.8. The van der Waals surface area contributed by atoms with Crippen LogP contribution in [0, 0.1) is 32.8 Å². The summed E-state index contributed by atoms with van der Waals surface area (Å²) in [7, 11) is -3.96. The summed E-state index contributed by atoms with van der Waals surface area (Å²) < 4.78 is 38.1. The van der Waals surface area contributed by atoms with Crippen LogP contribution in [0.15, 0.2) is 18.2 Å². The summed E-state index contributed by atoms with van der Waals surface area (Å²) in [6, 6.07) is 3.01. The maximum absolute atomic E-state index is 13.7. The third-order valence-electron chi connectivity index (χ3n) is 5.45. The summed E-state index contributed by atoms with van der Waals surface area (Å²) in [5.74, 6) is -4.25. The number of carbonyl (C=O) groups excluding carboxylic acids is 3. The van der Waals surface area contributed by atoms with Gasteiger partial charge in [0.15, 0.2) is 5.78 Å². The largest absolute Gasteiger partial charge is 0.424 e. The number of nitro groups is 1. The lowest BCUT2D eigenvalue weighted by molar-refractivity contribution is -0.385. The number of ketones is 1. The Kier molecular flexibility index (Phi) is 6.94. The molecule has 33 heavy (non-hydrogen) atoms. The molecule has 1 saturated heterocycles. The monoisotopic (exact) mass is 485 g/mol. The molecule has 0 bridgehead atoms. The second-order valence-electron chi connectivity index (χ2n) is 9.39. The van der Waals surface area contributed by atoms with Crippen molar-refractivity contribution in [3.63, 3.8) is 0 Å². The van der Waals surface area contributed by atoms with Gasteiger partial charge in [-0.3, -0.25) is 24.5 Å². The van der Waals surface area contributed by atoms with E-state index >= 15 is 0 Å². The summed E-state index contributed by atoms with van der Waals surface area (Å²) in [5, 5.41) is 11.7. The molecule has 0 amide bonds. The zero-order chi connectivity index (χ0) is 25.5. The number of hydrogen-bond acceptors (Lipinski definition) is 10. The Morgan fingerprint density at radius 1 is 1.18 bits per heavy atom. The van der Waals surface area contributed by atoms with E-state index in [1.54, 1.807) is 27.7 Å². The molecular weight excluding hydrogens is 458 g/mol. The van der Waals surface area contributed by atoms with Gasteiger partial charge >= 0.3 is 22.1 Å². The lowest BCUT2D eigenvalue weighted by Gasteiger charge is -2.49. The van der Waals surface area contributed by atoms with Gasteiger partial charge < -0.3 is 13.7 Å². The van der Waals surface area contributed by atoms with Crippen LogP contribution in [-0.4, -0.2) is 43.6 Å². The molecule has 1 fully saturated rings. The van der Waals surface area contributed by atoms with Crippen molar-refractivity contribution in [2.45, 2.75) is 47.8 Å². The van der Waals surface area contributed by atoms with E-state index in [0.717, 1.165) is 24.5 Å². The molecule has 1 aromatic rings. The van der Waals surface area contributed by atoms with Crippen molar-refractivity contribution in [2.75, 3.05) is 6.26 Å². The molecule has 1 aliphatic heterocycles. The van der Waals surface area contributed by atoms with Crippen LogP contribution in [0.5, 0.6) is 5.75 Å². The number of rotatable bonds is 7. The Labute approximate surface area is 191 Å². The molecule has 1 aromatic carbocycles. The van der Waals surface area contributed by atoms with Crippen LogP contribution in [0.3, 0.4) is 0 Å². The molecule has 1 aliphatic rings. The van der Waals surface area contributed by atoms with Gasteiger partial charge in [-0.15, -0.1) is 0 Å². The fraction of sp³-hybridized carbons (Fsp3) is 0.571. The number of Topliss-reactive ketones (excluding diaryl/α,β-unsaturated/α-hetero) is 1. The van der Waals surface area contributed by atoms with Crippen molar-refractivity contribution in [2.24, 2.45) is 22.7 Å². The molecule has 12 heteroatoms. The van der Waals surface area contributed by atoms with E-state index in [0.29, 0.717) is 0 Å². The molecular formula is C21H27NO10S. The summed E-state index contributed by atoms with van der Waals surface area (Å²) >= 11 is 0. The van der Waals surface area contributed by atoms with Crippen LogP contribution in [-0.2, 0) is 29.2 Å². The molecule has 2 rings (SSSR count). The lowest BCUT2D eigenvalue weighted by Crippen LogP contribution is -2.59. The number of esters is 2. The van der Waals surface area contributed by atoms with Gasteiger partial charge in [0, 0.05) is 0 Å². The molecule has 0 saturated carbocycles. The van der Waals surface area contributed by atoms with Gasteiger partial charge in [0.05, 0.1) is 45.5 Å². The molecule has 11 nitrogen and oxygen atoms in total. The Morgan fingerprint density at radius 2 is 1.76 bits per heavy atom. The quantitative estimate of drug-likeness (QED) is 0.185. The number of ether oxygens (including phenoxy) is 2. The van der Waals surface area contributed by atoms with Crippen LogP contribution in [0.4, 0.5) is 5.69 Å². The van der Waals surface area contributed by atoms with Gasteiger partial charge in [0.25, 0.3) is 12.0 Å². The standard InChI is InChI=1S/C21H27NO10S/c1-11(2)17(24)30-19-21(5,6)16(20(3,4)18(25)31-19)15(23)13-9-8-12(32-33(7,28)29)10-14(13)22(26)27/h8-11,16,19H,1-7H3. The van der Waals surface area contributed by atoms with Gasteiger partial charge in [0.1, 0.15) is 5.75 Å². The minimum Gasteiger partial charge on any atom is -0.424 e. The number of hydrogen-bond donors (Lipinski definition) is 0. The molecule has 2 atom stereocenters. The predicted molar refractivity (Wildman–Crippen MR) is 115 cm³/mol. The van der Waals surface area contributed by atoms with Gasteiger partial charge in [-0.2, -0.15) is 8.42 Å². The first-order valence-corrected chi connectivity index (χ1v) is 11.8. The summed E-state index contributed by atoms with van der Waals surface area (Å²) in [4.78, 5) is 49.4. The second-order valence-corrected chi connectivity index (χ2v) is 11.0. The molecule has 0 aromatic heterocycles. The van der Waals surface area contributed by atoms with Crippen molar-refractivity contribution < 1.29 is 41.4 Å². The highest BCUT2D eigenvalue weighted by atomic mass is 32.2. The average molecular weight is 486 g/mol. The van der Waals surface area contributed by atoms with E-state index < -0.39 is 67.4 Å². The van der Waals surface area contributed by atoms with Crippen molar-refractivity contribution in [1.29, 1.82) is 0 Å². The maximum Gasteiger partial charge on any atom is 0.315 e. The zero-order valence-corrected chi connectivity index (χ0v) is 20.2. The van der Waals surface area contributed by atoms with Crippen LogP contribution in [0.25, 0.3) is 0 Å². The van der Waals surface area contributed by atoms with Gasteiger partial charge in [0.2, 0.25) is 0 Å². The predicted octanol–water partition coefficient (Wildman–Crippen LogP) is 2.87. The highest BCUT2D eigenvalue weighted by Crippen LogP contribution is 2.51. The first-order chi connectivity index (χ1) is 14.9. The van der Waals surface area contributed by atoms with Crippen molar-refractivity contribution in [3.05, 3.63) is 33.9 Å². The number of carbonyl (C=O) groups is 3. The maximum atomic E-state index is 13.7. The fourth-order valence-corrected chi connectivity index (χ4v) is 4.37. The lowest BCUT2D eigenvalue weighted by atomic mass is 9.60. The van der Waals surface area contributed by atoms with E-state index in [2.05, 4.69) is 4.18 Å². The number of nitrogens with zero attached hydrogens (tertiary/aromatic N) is 1. The van der Waals surface area contributed by atoms with E-state index in [4.69, 9.17) is 9.47 Å². The molecule has 0 N–H and O–H groups in total. The van der Waals surface area contributed by atoms with Crippen molar-refractivity contribution in [1.82, 2.24) is 0 Å². The highest BCUT2D eigenvalue weighted by molar-refractivity contribution is 7.86. The van der Waals surface area contributed by atoms with E-state index in [-0.39, 0.29) is 11.3 Å². The van der Waals surface area contributed by atoms with Crippen LogP contribution >= 0.6 is 0 Å². The average Bonchev–Trinajstić information content (AvgIpc) is 2.64. The summed E-state index contributed by atoms with van der Waals surface area (Å²) in [6.45, 7) is 9.25. The molecule has 0 aliphatic carbocycles. The van der Waals surface area contributed by atoms with Crippen molar-refractivity contribution in [3.8, 4) is 5.75 Å². The Hall–Kier alpha value is -3.02. The van der Waals surface area contributed by atoms with E-state index in [1.165, 1.54) is 13.8 Å². The van der Waals surface area contributed by atoms with Gasteiger partial charge in [-0.05, 0) is 26.0 Å². The number of nitro benzene ring substituents is 1. The SMILES string of the molecule is CC(C)C(=O)OC1OC(=O)C(C)(C)C(C(=O)c2ccc(OS(C)(=O)=O)cc2[N+](=O)[O-])C1(C)C. The smallest absolute Gasteiger partial charge is 0.315 e. The topological polar surface area (TPSA) is 156 Å². The Balaban J connectivity index is 2.59. The number of benzene rings is 1. The van der Waals surface area contributed by atoms with Gasteiger partial charge in [-0.25, -0.2) is 0 Å².